The van der Waals surface area contributed by atoms with Crippen molar-refractivity contribution in [1.82, 2.24) is 0 Å². The molecule has 1 aromatic heterocycles. The van der Waals surface area contributed by atoms with Crippen LogP contribution in [-0.4, -0.2) is 14.4 Å². The molecule has 1 unspecified atom stereocenters. The van der Waals surface area contributed by atoms with Crippen molar-refractivity contribution in [2.24, 2.45) is 0 Å². The summed E-state index contributed by atoms with van der Waals surface area (Å²) in [5.74, 6) is 0.731. The molecule has 1 heterocycles. The molecule has 3 nitrogen and oxygen atoms in total. The summed E-state index contributed by atoms with van der Waals surface area (Å²) in [5.41, 5.74) is 0. The quantitative estimate of drug-likeness (QED) is 0.734. The van der Waals surface area contributed by atoms with Gasteiger partial charge in [0, 0.05) is 0 Å². The van der Waals surface area contributed by atoms with E-state index in [9.17, 15) is 0 Å². The number of nitriles is 1. The fourth-order valence-corrected chi connectivity index (χ4v) is 1.95. The first-order valence-corrected chi connectivity index (χ1v) is 8.21. The molecule has 0 aliphatic rings. The van der Waals surface area contributed by atoms with Crippen LogP contribution >= 0.6 is 0 Å². The molecule has 0 radical (unpaired) electrons. The summed E-state index contributed by atoms with van der Waals surface area (Å²) in [6.45, 7) is 6.16. The molecule has 1 atom stereocenters. The molecule has 4 heteroatoms. The van der Waals surface area contributed by atoms with E-state index in [4.69, 9.17) is 14.1 Å². The Balaban J connectivity index is 2.59. The van der Waals surface area contributed by atoms with E-state index in [1.165, 1.54) is 0 Å². The molecular formula is C11H15NO2Si. The van der Waals surface area contributed by atoms with Crippen molar-refractivity contribution in [3.8, 4) is 6.07 Å². The molecule has 80 valence electrons. The maximum Gasteiger partial charge on any atom is 0.185 e. The number of furan rings is 1. The fraction of sp³-hybridized carbons (Fsp3) is 0.364. The predicted octanol–water partition coefficient (Wildman–Crippen LogP) is 3.04. The zero-order valence-electron chi connectivity index (χ0n) is 9.23. The minimum atomic E-state index is -1.67. The van der Waals surface area contributed by atoms with Crippen LogP contribution in [0.15, 0.2) is 28.9 Å². The number of hydrogen-bond acceptors (Lipinski definition) is 3. The second kappa shape index (κ2) is 4.96. The van der Waals surface area contributed by atoms with Crippen LogP contribution in [0.2, 0.25) is 19.6 Å². The Morgan fingerprint density at radius 1 is 1.53 bits per heavy atom. The van der Waals surface area contributed by atoms with Crippen LogP contribution in [0.25, 0.3) is 6.08 Å². The molecule has 0 aliphatic heterocycles. The Hall–Kier alpha value is -1.31. The van der Waals surface area contributed by atoms with Crippen LogP contribution in [0.4, 0.5) is 0 Å². The molecule has 0 aromatic carbocycles. The minimum absolute atomic E-state index is 0.484. The van der Waals surface area contributed by atoms with Gasteiger partial charge in [-0.15, -0.1) is 0 Å². The van der Waals surface area contributed by atoms with Gasteiger partial charge in [0.1, 0.15) is 5.76 Å². The van der Waals surface area contributed by atoms with Crippen molar-refractivity contribution in [3.05, 3.63) is 30.2 Å². The van der Waals surface area contributed by atoms with Crippen molar-refractivity contribution in [3.63, 3.8) is 0 Å². The molecule has 0 saturated carbocycles. The zero-order valence-corrected chi connectivity index (χ0v) is 10.2. The maximum absolute atomic E-state index is 8.88. The lowest BCUT2D eigenvalue weighted by Gasteiger charge is -2.19. The molecule has 15 heavy (non-hydrogen) atoms. The van der Waals surface area contributed by atoms with Gasteiger partial charge in [0.2, 0.25) is 0 Å². The first-order valence-electron chi connectivity index (χ1n) is 4.80. The average Bonchev–Trinajstić information content (AvgIpc) is 2.62. The number of nitrogens with zero attached hydrogens (tertiary/aromatic N) is 1. The van der Waals surface area contributed by atoms with Gasteiger partial charge in [-0.25, -0.2) is 0 Å². The highest BCUT2D eigenvalue weighted by molar-refractivity contribution is 6.69. The summed E-state index contributed by atoms with van der Waals surface area (Å²) in [6, 6.07) is 5.74. The summed E-state index contributed by atoms with van der Waals surface area (Å²) < 4.78 is 10.8. The van der Waals surface area contributed by atoms with Crippen molar-refractivity contribution in [1.29, 1.82) is 5.26 Å². The highest BCUT2D eigenvalue weighted by Gasteiger charge is 2.18. The van der Waals surface area contributed by atoms with Gasteiger partial charge < -0.3 is 8.84 Å². The Bertz CT molecular complexity index is 357. The zero-order chi connectivity index (χ0) is 11.3. The lowest BCUT2D eigenvalue weighted by Crippen LogP contribution is -2.30. The van der Waals surface area contributed by atoms with Gasteiger partial charge in [-0.1, -0.05) is 0 Å². The van der Waals surface area contributed by atoms with Gasteiger partial charge in [0.05, 0.1) is 12.3 Å². The fourth-order valence-electron chi connectivity index (χ4n) is 1.06. The Morgan fingerprint density at radius 3 is 2.73 bits per heavy atom. The highest BCUT2D eigenvalue weighted by Crippen LogP contribution is 2.10. The summed E-state index contributed by atoms with van der Waals surface area (Å²) in [5, 5.41) is 8.88. The van der Waals surface area contributed by atoms with E-state index in [0.717, 1.165) is 5.76 Å². The van der Waals surface area contributed by atoms with Crippen molar-refractivity contribution in [2.75, 3.05) is 0 Å². The first-order chi connectivity index (χ1) is 7.01. The summed E-state index contributed by atoms with van der Waals surface area (Å²) in [4.78, 5) is 0. The monoisotopic (exact) mass is 221 g/mol. The summed E-state index contributed by atoms with van der Waals surface area (Å²) in [6.07, 6.45) is 4.59. The third-order valence-corrected chi connectivity index (χ3v) is 2.55. The van der Waals surface area contributed by atoms with Crippen LogP contribution in [-0.2, 0) is 4.43 Å². The highest BCUT2D eigenvalue weighted by atomic mass is 28.4. The van der Waals surface area contributed by atoms with E-state index in [1.54, 1.807) is 24.5 Å². The molecule has 0 saturated heterocycles. The lowest BCUT2D eigenvalue weighted by molar-refractivity contribution is 0.296. The van der Waals surface area contributed by atoms with Crippen molar-refractivity contribution < 1.29 is 8.84 Å². The van der Waals surface area contributed by atoms with Crippen LogP contribution in [0.3, 0.4) is 0 Å². The average molecular weight is 221 g/mol. The number of hydrogen-bond donors (Lipinski definition) is 0. The largest absolute Gasteiger partial charge is 0.465 e. The number of rotatable bonds is 4. The maximum atomic E-state index is 8.88. The third-order valence-electron chi connectivity index (χ3n) is 1.59. The predicted molar refractivity (Wildman–Crippen MR) is 61.6 cm³/mol. The van der Waals surface area contributed by atoms with Gasteiger partial charge in [0.25, 0.3) is 0 Å². The molecule has 0 spiro atoms. The van der Waals surface area contributed by atoms with Crippen molar-refractivity contribution in [2.45, 2.75) is 25.7 Å². The standard InChI is InChI=1S/C11H15NO2Si/c1-15(2,3)14-11(9-12)7-6-10-5-4-8-13-10/h4-8,11H,1-3H3. The van der Waals surface area contributed by atoms with E-state index >= 15 is 0 Å². The lowest BCUT2D eigenvalue weighted by atomic mass is 10.3. The van der Waals surface area contributed by atoms with Gasteiger partial charge in [0.15, 0.2) is 14.4 Å². The molecule has 1 aromatic rings. The topological polar surface area (TPSA) is 46.2 Å². The van der Waals surface area contributed by atoms with Crippen LogP contribution in [0, 0.1) is 11.3 Å². The van der Waals surface area contributed by atoms with E-state index in [1.807, 2.05) is 6.07 Å². The Labute approximate surface area is 91.1 Å². The molecule has 0 bridgehead atoms. The summed E-state index contributed by atoms with van der Waals surface area (Å²) in [7, 11) is -1.67. The Morgan fingerprint density at radius 2 is 2.27 bits per heavy atom. The van der Waals surface area contributed by atoms with Crippen LogP contribution < -0.4 is 0 Å². The minimum Gasteiger partial charge on any atom is -0.465 e. The van der Waals surface area contributed by atoms with E-state index in [2.05, 4.69) is 25.7 Å². The van der Waals surface area contributed by atoms with E-state index in [0.29, 0.717) is 0 Å². The molecule has 0 fully saturated rings. The third kappa shape index (κ3) is 4.63. The smallest absolute Gasteiger partial charge is 0.185 e. The van der Waals surface area contributed by atoms with E-state index < -0.39 is 14.4 Å². The molecule has 0 N–H and O–H groups in total. The second-order valence-electron chi connectivity index (χ2n) is 4.15. The molecular weight excluding hydrogens is 206 g/mol. The van der Waals surface area contributed by atoms with Crippen molar-refractivity contribution >= 4 is 14.4 Å². The van der Waals surface area contributed by atoms with Gasteiger partial charge in [-0.3, -0.25) is 0 Å². The van der Waals surface area contributed by atoms with Crippen LogP contribution in [0.5, 0.6) is 0 Å². The van der Waals surface area contributed by atoms with Gasteiger partial charge in [-0.2, -0.15) is 5.26 Å². The van der Waals surface area contributed by atoms with Gasteiger partial charge in [-0.05, 0) is 43.9 Å². The Kier molecular flexibility index (Phi) is 3.89. The molecule has 1 rings (SSSR count). The molecule has 0 aliphatic carbocycles. The molecule has 0 amide bonds. The van der Waals surface area contributed by atoms with Gasteiger partial charge >= 0.3 is 0 Å². The first kappa shape index (κ1) is 11.8. The summed E-state index contributed by atoms with van der Waals surface area (Å²) >= 11 is 0. The van der Waals surface area contributed by atoms with Crippen LogP contribution in [0.1, 0.15) is 5.76 Å². The van der Waals surface area contributed by atoms with E-state index in [-0.39, 0.29) is 0 Å². The second-order valence-corrected chi connectivity index (χ2v) is 8.61. The SMILES string of the molecule is C[Si](C)(C)OC(C#N)C=Cc1ccco1. The normalized spacial score (nSPS) is 14.0.